The van der Waals surface area contributed by atoms with Gasteiger partial charge in [-0.1, -0.05) is 30.3 Å². The highest BCUT2D eigenvalue weighted by Gasteiger charge is 2.30. The molecule has 0 spiro atoms. The fourth-order valence-corrected chi connectivity index (χ4v) is 5.54. The number of benzene rings is 4. The van der Waals surface area contributed by atoms with Gasteiger partial charge >= 0.3 is 0 Å². The molecule has 6 nitrogen and oxygen atoms in total. The van der Waals surface area contributed by atoms with E-state index in [2.05, 4.69) is 49.6 Å². The fraction of sp³-hybridized carbons (Fsp3) is 0.333. The topological polar surface area (TPSA) is 43.4 Å². The third kappa shape index (κ3) is 6.82. The molecule has 1 atom stereocenters. The molecule has 0 saturated heterocycles. The molecule has 0 radical (unpaired) electrons. The molecule has 2 aliphatic heterocycles. The van der Waals surface area contributed by atoms with E-state index in [4.69, 9.17) is 18.9 Å². The molecule has 2 aliphatic rings. The van der Waals surface area contributed by atoms with Crippen molar-refractivity contribution in [2.45, 2.75) is 72.2 Å². The van der Waals surface area contributed by atoms with Gasteiger partial charge in [-0.2, -0.15) is 0 Å². The minimum atomic E-state index is -0.763. The first-order chi connectivity index (χ1) is 21.2. The van der Waals surface area contributed by atoms with Gasteiger partial charge in [-0.05, 0) is 98.5 Å². The van der Waals surface area contributed by atoms with E-state index < -0.39 is 6.29 Å². The molecule has 8 heteroatoms. The molecule has 0 saturated carbocycles. The average molecular weight is 601 g/mol. The standard InChI is InChI=1S/C36H38F2N2O4/c1-23(2)39(19-26-7-13-32-34(15-26)42-22-41-32)20-27-8-14-33-35(16-27)44-36(43-33)31-17-30(38)12-9-28(31)21-40(24(3)4)18-25-5-10-29(37)11-6-25/h5-17,23-24,36H,18-22H2,1-4H3. The molecule has 0 N–H and O–H groups in total. The van der Waals surface area contributed by atoms with Crippen LogP contribution in [0.4, 0.5) is 8.78 Å². The second-order valence-electron chi connectivity index (χ2n) is 12.0. The maximum atomic E-state index is 14.6. The first kappa shape index (κ1) is 29.9. The Morgan fingerprint density at radius 3 is 1.84 bits per heavy atom. The van der Waals surface area contributed by atoms with E-state index in [0.717, 1.165) is 40.3 Å². The lowest BCUT2D eigenvalue weighted by Gasteiger charge is -2.28. The van der Waals surface area contributed by atoms with E-state index in [-0.39, 0.29) is 24.5 Å². The highest BCUT2D eigenvalue weighted by atomic mass is 19.1. The Kier molecular flexibility index (Phi) is 8.73. The van der Waals surface area contributed by atoms with Crippen molar-refractivity contribution in [2.75, 3.05) is 6.79 Å². The lowest BCUT2D eigenvalue weighted by Crippen LogP contribution is -2.30. The van der Waals surface area contributed by atoms with Crippen molar-refractivity contribution in [3.63, 3.8) is 0 Å². The molecule has 4 aromatic carbocycles. The van der Waals surface area contributed by atoms with Gasteiger partial charge in [0.2, 0.25) is 6.79 Å². The summed E-state index contributed by atoms with van der Waals surface area (Å²) in [6.45, 7) is 11.5. The summed E-state index contributed by atoms with van der Waals surface area (Å²) in [4.78, 5) is 4.63. The van der Waals surface area contributed by atoms with Gasteiger partial charge in [-0.25, -0.2) is 8.78 Å². The van der Waals surface area contributed by atoms with Crippen LogP contribution in [-0.2, 0) is 26.2 Å². The van der Waals surface area contributed by atoms with Gasteiger partial charge in [0, 0.05) is 43.8 Å². The summed E-state index contributed by atoms with van der Waals surface area (Å²) in [7, 11) is 0. The first-order valence-electron chi connectivity index (χ1n) is 15.1. The van der Waals surface area contributed by atoms with Gasteiger partial charge in [-0.15, -0.1) is 0 Å². The van der Waals surface area contributed by atoms with Crippen LogP contribution in [0.5, 0.6) is 23.0 Å². The summed E-state index contributed by atoms with van der Waals surface area (Å²) < 4.78 is 51.6. The van der Waals surface area contributed by atoms with Crippen LogP contribution >= 0.6 is 0 Å². The predicted octanol–water partition coefficient (Wildman–Crippen LogP) is 7.98. The van der Waals surface area contributed by atoms with Crippen LogP contribution in [0.25, 0.3) is 0 Å². The number of ether oxygens (including phenoxy) is 4. The second kappa shape index (κ2) is 12.8. The number of rotatable bonds is 11. The van der Waals surface area contributed by atoms with Crippen molar-refractivity contribution in [3.8, 4) is 23.0 Å². The van der Waals surface area contributed by atoms with Gasteiger partial charge < -0.3 is 18.9 Å². The molecule has 6 rings (SSSR count). The minimum absolute atomic E-state index is 0.199. The maximum Gasteiger partial charge on any atom is 0.268 e. The number of fused-ring (bicyclic) bond motifs is 2. The van der Waals surface area contributed by atoms with Crippen molar-refractivity contribution < 1.29 is 27.7 Å². The molecule has 0 aliphatic carbocycles. The second-order valence-corrected chi connectivity index (χ2v) is 12.0. The Balaban J connectivity index is 1.17. The van der Waals surface area contributed by atoms with Gasteiger partial charge in [0.05, 0.1) is 0 Å². The van der Waals surface area contributed by atoms with E-state index in [0.29, 0.717) is 42.7 Å². The van der Waals surface area contributed by atoms with E-state index >= 15 is 0 Å². The summed E-state index contributed by atoms with van der Waals surface area (Å²) in [5, 5.41) is 0. The van der Waals surface area contributed by atoms with Crippen LogP contribution in [0.1, 0.15) is 61.8 Å². The highest BCUT2D eigenvalue weighted by molar-refractivity contribution is 5.47. The molecule has 0 fully saturated rings. The zero-order chi connectivity index (χ0) is 30.8. The van der Waals surface area contributed by atoms with Crippen molar-refractivity contribution in [2.24, 2.45) is 0 Å². The number of hydrogen-bond donors (Lipinski definition) is 0. The van der Waals surface area contributed by atoms with Gasteiger partial charge in [-0.3, -0.25) is 9.80 Å². The van der Waals surface area contributed by atoms with Crippen LogP contribution in [0.3, 0.4) is 0 Å². The zero-order valence-corrected chi connectivity index (χ0v) is 25.6. The van der Waals surface area contributed by atoms with Gasteiger partial charge in [0.1, 0.15) is 11.6 Å². The lowest BCUT2D eigenvalue weighted by molar-refractivity contribution is 0.0465. The van der Waals surface area contributed by atoms with E-state index in [1.54, 1.807) is 18.2 Å². The van der Waals surface area contributed by atoms with E-state index in [1.807, 2.05) is 24.3 Å². The minimum Gasteiger partial charge on any atom is -0.454 e. The summed E-state index contributed by atoms with van der Waals surface area (Å²) in [6, 6.07) is 23.9. The largest absolute Gasteiger partial charge is 0.454 e. The molecule has 1 unspecified atom stereocenters. The summed E-state index contributed by atoms with van der Waals surface area (Å²) >= 11 is 0. The Bertz CT molecular complexity index is 1610. The molecule has 4 aromatic rings. The molecular formula is C36H38F2N2O4. The van der Waals surface area contributed by atoms with Crippen molar-refractivity contribution in [1.82, 2.24) is 9.80 Å². The number of nitrogens with zero attached hydrogens (tertiary/aromatic N) is 2. The van der Waals surface area contributed by atoms with Crippen LogP contribution in [0.2, 0.25) is 0 Å². The molecule has 0 amide bonds. The molecule has 0 bridgehead atoms. The molecule has 230 valence electrons. The van der Waals surface area contributed by atoms with Gasteiger partial charge in [0.15, 0.2) is 23.0 Å². The predicted molar refractivity (Wildman–Crippen MR) is 165 cm³/mol. The quantitative estimate of drug-likeness (QED) is 0.174. The average Bonchev–Trinajstić information content (AvgIpc) is 3.64. The Labute approximate surface area is 257 Å². The highest BCUT2D eigenvalue weighted by Crippen LogP contribution is 2.42. The van der Waals surface area contributed by atoms with Crippen LogP contribution < -0.4 is 18.9 Å². The van der Waals surface area contributed by atoms with E-state index in [9.17, 15) is 8.78 Å². The number of hydrogen-bond acceptors (Lipinski definition) is 6. The van der Waals surface area contributed by atoms with Crippen molar-refractivity contribution in [1.29, 1.82) is 0 Å². The number of halogens is 2. The third-order valence-electron chi connectivity index (χ3n) is 8.18. The van der Waals surface area contributed by atoms with E-state index in [1.165, 1.54) is 24.3 Å². The monoisotopic (exact) mass is 600 g/mol. The normalized spacial score (nSPS) is 15.3. The summed E-state index contributed by atoms with van der Waals surface area (Å²) in [5.41, 5.74) is 4.81. The molecule has 0 aromatic heterocycles. The summed E-state index contributed by atoms with van der Waals surface area (Å²) in [5.74, 6) is 2.23. The lowest BCUT2D eigenvalue weighted by atomic mass is 10.0. The Hall–Kier alpha value is -4.14. The van der Waals surface area contributed by atoms with Crippen molar-refractivity contribution in [3.05, 3.63) is 118 Å². The SMILES string of the molecule is CC(C)N(Cc1ccc2c(c1)OCO2)Cc1ccc2c(c1)OC(c1cc(F)ccc1CN(Cc1ccc(F)cc1)C(C)C)O2. The fourth-order valence-electron chi connectivity index (χ4n) is 5.54. The smallest absolute Gasteiger partial charge is 0.268 e. The maximum absolute atomic E-state index is 14.6. The summed E-state index contributed by atoms with van der Waals surface area (Å²) in [6.07, 6.45) is -0.763. The molecule has 2 heterocycles. The van der Waals surface area contributed by atoms with Crippen LogP contribution in [0.15, 0.2) is 78.9 Å². The first-order valence-corrected chi connectivity index (χ1v) is 15.1. The Morgan fingerprint density at radius 2 is 1.14 bits per heavy atom. The van der Waals surface area contributed by atoms with Crippen LogP contribution in [0, 0.1) is 11.6 Å². The molecular weight excluding hydrogens is 562 g/mol. The zero-order valence-electron chi connectivity index (χ0n) is 25.6. The third-order valence-corrected chi connectivity index (χ3v) is 8.18. The van der Waals surface area contributed by atoms with Crippen molar-refractivity contribution >= 4 is 0 Å². The Morgan fingerprint density at radius 1 is 0.591 bits per heavy atom. The molecule has 44 heavy (non-hydrogen) atoms. The van der Waals surface area contributed by atoms with Gasteiger partial charge in [0.25, 0.3) is 6.29 Å². The van der Waals surface area contributed by atoms with Crippen LogP contribution in [-0.4, -0.2) is 28.7 Å².